The summed E-state index contributed by atoms with van der Waals surface area (Å²) in [6, 6.07) is 9.29. The summed E-state index contributed by atoms with van der Waals surface area (Å²) in [6.45, 7) is 0. The first kappa shape index (κ1) is 12.0. The number of nitriles is 1. The lowest BCUT2D eigenvalue weighted by atomic mass is 10.1. The van der Waals surface area contributed by atoms with E-state index in [4.69, 9.17) is 5.26 Å². The molecular formula is C15H13N3. The molecule has 0 bridgehead atoms. The molecule has 0 saturated carbocycles. The second-order valence-electron chi connectivity index (χ2n) is 3.91. The fourth-order valence-corrected chi connectivity index (χ4v) is 1.57. The lowest BCUT2D eigenvalue weighted by molar-refractivity contribution is 1.03. The minimum absolute atomic E-state index is 0.646. The van der Waals surface area contributed by atoms with Crippen LogP contribution in [0.3, 0.4) is 0 Å². The maximum absolute atomic E-state index is 8.67. The topological polar surface area (TPSA) is 48.5 Å². The predicted molar refractivity (Wildman–Crippen MR) is 73.7 cm³/mol. The summed E-state index contributed by atoms with van der Waals surface area (Å²) in [4.78, 5) is 0. The third-order valence-electron chi connectivity index (χ3n) is 2.54. The Hall–Kier alpha value is -2.47. The zero-order valence-corrected chi connectivity index (χ0v) is 9.95. The highest BCUT2D eigenvalue weighted by Gasteiger charge is 1.92. The molecule has 0 aromatic heterocycles. The Kier molecular flexibility index (Phi) is 4.21. The van der Waals surface area contributed by atoms with Gasteiger partial charge in [0.1, 0.15) is 0 Å². The fourth-order valence-electron chi connectivity index (χ4n) is 1.57. The van der Waals surface area contributed by atoms with Crippen molar-refractivity contribution in [3.05, 3.63) is 59.2 Å². The average Bonchev–Trinajstić information content (AvgIpc) is 2.45. The number of hydrogen-bond donors (Lipinski definition) is 0. The van der Waals surface area contributed by atoms with E-state index in [1.807, 2.05) is 18.2 Å². The molecule has 0 saturated heterocycles. The number of benzene rings is 1. The Labute approximate surface area is 106 Å². The van der Waals surface area contributed by atoms with Gasteiger partial charge in [0.25, 0.3) is 0 Å². The smallest absolute Gasteiger partial charge is 0.0991 e. The molecule has 3 heteroatoms. The van der Waals surface area contributed by atoms with E-state index in [0.717, 1.165) is 24.0 Å². The molecule has 18 heavy (non-hydrogen) atoms. The van der Waals surface area contributed by atoms with Gasteiger partial charge in [-0.1, -0.05) is 30.4 Å². The van der Waals surface area contributed by atoms with Crippen molar-refractivity contribution in [3.63, 3.8) is 0 Å². The van der Waals surface area contributed by atoms with Crippen molar-refractivity contribution in [2.45, 2.75) is 12.8 Å². The van der Waals surface area contributed by atoms with Gasteiger partial charge in [0.15, 0.2) is 0 Å². The van der Waals surface area contributed by atoms with Crippen LogP contribution in [0, 0.1) is 11.3 Å². The summed E-state index contributed by atoms with van der Waals surface area (Å²) in [6.07, 6.45) is 11.9. The Bertz CT molecular complexity index is 554. The summed E-state index contributed by atoms with van der Waals surface area (Å²) < 4.78 is 0. The van der Waals surface area contributed by atoms with Crippen molar-refractivity contribution in [2.24, 2.45) is 10.2 Å². The van der Waals surface area contributed by atoms with Crippen LogP contribution in [0.2, 0.25) is 0 Å². The number of nitrogens with zero attached hydrogens (tertiary/aromatic N) is 3. The van der Waals surface area contributed by atoms with Crippen molar-refractivity contribution < 1.29 is 0 Å². The standard InChI is InChI=1S/C15H13N3/c16-10-13-6-8-15(9-7-13)12-18-17-11-14-4-2-1-3-5-14/h2,4-9,11-12H,1,3H2. The van der Waals surface area contributed by atoms with E-state index in [0.29, 0.717) is 5.56 Å². The first-order valence-corrected chi connectivity index (χ1v) is 5.82. The van der Waals surface area contributed by atoms with Gasteiger partial charge >= 0.3 is 0 Å². The number of allylic oxidation sites excluding steroid dienone is 4. The zero-order valence-electron chi connectivity index (χ0n) is 9.95. The van der Waals surface area contributed by atoms with Gasteiger partial charge in [-0.2, -0.15) is 15.5 Å². The lowest BCUT2D eigenvalue weighted by Crippen LogP contribution is -1.85. The molecule has 1 aromatic carbocycles. The molecule has 1 aromatic rings. The molecule has 0 fully saturated rings. The Morgan fingerprint density at radius 3 is 2.50 bits per heavy atom. The van der Waals surface area contributed by atoms with Gasteiger partial charge in [-0.05, 0) is 36.1 Å². The fraction of sp³-hybridized carbons (Fsp3) is 0.133. The molecule has 1 aliphatic rings. The molecule has 3 nitrogen and oxygen atoms in total. The molecule has 0 heterocycles. The Morgan fingerprint density at radius 2 is 1.83 bits per heavy atom. The quantitative estimate of drug-likeness (QED) is 0.586. The van der Waals surface area contributed by atoms with Crippen molar-refractivity contribution >= 4 is 12.4 Å². The third kappa shape index (κ3) is 3.53. The summed E-state index contributed by atoms with van der Waals surface area (Å²) in [7, 11) is 0. The van der Waals surface area contributed by atoms with Crippen LogP contribution in [0.1, 0.15) is 24.0 Å². The second-order valence-corrected chi connectivity index (χ2v) is 3.91. The summed E-state index contributed by atoms with van der Waals surface area (Å²) in [5.74, 6) is 0. The van der Waals surface area contributed by atoms with Gasteiger partial charge in [-0.25, -0.2) is 0 Å². The molecule has 0 aliphatic heterocycles. The maximum atomic E-state index is 8.67. The molecule has 0 N–H and O–H groups in total. The average molecular weight is 235 g/mol. The van der Waals surface area contributed by atoms with Crippen LogP contribution in [-0.4, -0.2) is 12.4 Å². The van der Waals surface area contributed by atoms with Crippen molar-refractivity contribution in [1.29, 1.82) is 5.26 Å². The first-order chi connectivity index (χ1) is 8.88. The highest BCUT2D eigenvalue weighted by atomic mass is 15.2. The van der Waals surface area contributed by atoms with Gasteiger partial charge in [-0.15, -0.1) is 0 Å². The van der Waals surface area contributed by atoms with E-state index in [-0.39, 0.29) is 0 Å². The lowest BCUT2D eigenvalue weighted by Gasteiger charge is -1.98. The van der Waals surface area contributed by atoms with Crippen molar-refractivity contribution in [3.8, 4) is 6.07 Å². The van der Waals surface area contributed by atoms with Gasteiger partial charge in [0, 0.05) is 0 Å². The SMILES string of the molecule is N#Cc1ccc(C=NN=CC2=CCCC=C2)cc1. The first-order valence-electron chi connectivity index (χ1n) is 5.82. The third-order valence-corrected chi connectivity index (χ3v) is 2.54. The van der Waals surface area contributed by atoms with E-state index in [1.54, 1.807) is 24.6 Å². The van der Waals surface area contributed by atoms with Crippen LogP contribution in [0.15, 0.2) is 58.3 Å². The Balaban J connectivity index is 1.94. The monoisotopic (exact) mass is 235 g/mol. The van der Waals surface area contributed by atoms with Crippen LogP contribution < -0.4 is 0 Å². The van der Waals surface area contributed by atoms with Gasteiger partial charge in [-0.3, -0.25) is 0 Å². The molecule has 1 aliphatic carbocycles. The van der Waals surface area contributed by atoms with E-state index in [2.05, 4.69) is 28.4 Å². The predicted octanol–water partition coefficient (Wildman–Crippen LogP) is 3.24. The molecular weight excluding hydrogens is 222 g/mol. The van der Waals surface area contributed by atoms with Crippen molar-refractivity contribution in [2.75, 3.05) is 0 Å². The minimum atomic E-state index is 0.646. The summed E-state index contributed by atoms with van der Waals surface area (Å²) in [5.41, 5.74) is 2.67. The molecule has 88 valence electrons. The molecule has 0 amide bonds. The molecule has 2 rings (SSSR count). The highest BCUT2D eigenvalue weighted by Crippen LogP contribution is 2.07. The van der Waals surface area contributed by atoms with E-state index in [9.17, 15) is 0 Å². The van der Waals surface area contributed by atoms with Crippen molar-refractivity contribution in [1.82, 2.24) is 0 Å². The normalized spacial score (nSPS) is 14.9. The summed E-state index contributed by atoms with van der Waals surface area (Å²) in [5, 5.41) is 16.6. The molecule has 0 spiro atoms. The van der Waals surface area contributed by atoms with E-state index >= 15 is 0 Å². The van der Waals surface area contributed by atoms with Crippen LogP contribution in [0.4, 0.5) is 0 Å². The van der Waals surface area contributed by atoms with E-state index in [1.165, 1.54) is 0 Å². The maximum Gasteiger partial charge on any atom is 0.0991 e. The van der Waals surface area contributed by atoms with Crippen LogP contribution in [-0.2, 0) is 0 Å². The largest absolute Gasteiger partial charge is 0.192 e. The van der Waals surface area contributed by atoms with Crippen LogP contribution >= 0.6 is 0 Å². The second kappa shape index (κ2) is 6.31. The number of hydrogen-bond acceptors (Lipinski definition) is 3. The van der Waals surface area contributed by atoms with Gasteiger partial charge < -0.3 is 0 Å². The molecule has 0 atom stereocenters. The van der Waals surface area contributed by atoms with Crippen LogP contribution in [0.25, 0.3) is 0 Å². The molecule has 0 radical (unpaired) electrons. The van der Waals surface area contributed by atoms with Gasteiger partial charge in [0.05, 0.1) is 24.1 Å². The minimum Gasteiger partial charge on any atom is -0.192 e. The van der Waals surface area contributed by atoms with E-state index < -0.39 is 0 Å². The molecule has 0 unspecified atom stereocenters. The van der Waals surface area contributed by atoms with Gasteiger partial charge in [0.2, 0.25) is 0 Å². The van der Waals surface area contributed by atoms with Crippen LogP contribution in [0.5, 0.6) is 0 Å². The number of rotatable bonds is 3. The summed E-state index contributed by atoms with van der Waals surface area (Å²) >= 11 is 0. The zero-order chi connectivity index (χ0) is 12.6. The highest BCUT2D eigenvalue weighted by molar-refractivity contribution is 5.84. The Morgan fingerprint density at radius 1 is 1.06 bits per heavy atom.